The van der Waals surface area contributed by atoms with Crippen molar-refractivity contribution in [2.24, 2.45) is 17.6 Å². The summed E-state index contributed by atoms with van der Waals surface area (Å²) >= 11 is 7.68. The molecule has 1 aromatic rings. The second-order valence-electron chi connectivity index (χ2n) is 6.71. The Morgan fingerprint density at radius 2 is 2.25 bits per heavy atom. The summed E-state index contributed by atoms with van der Waals surface area (Å²) in [5.74, 6) is 1.60. The normalized spacial score (nSPS) is 30.1. The van der Waals surface area contributed by atoms with Crippen molar-refractivity contribution in [3.8, 4) is 0 Å². The van der Waals surface area contributed by atoms with Crippen LogP contribution < -0.4 is 5.73 Å². The van der Waals surface area contributed by atoms with E-state index in [9.17, 15) is 0 Å². The van der Waals surface area contributed by atoms with Crippen molar-refractivity contribution in [1.29, 1.82) is 0 Å². The van der Waals surface area contributed by atoms with E-state index < -0.39 is 0 Å². The molecular formula is C16H25ClN2S. The summed E-state index contributed by atoms with van der Waals surface area (Å²) in [6, 6.07) is 3.17. The third-order valence-corrected chi connectivity index (χ3v) is 6.29. The Bertz CT molecular complexity index is 443. The van der Waals surface area contributed by atoms with Gasteiger partial charge in [-0.15, -0.1) is 11.3 Å². The van der Waals surface area contributed by atoms with Gasteiger partial charge in [0.2, 0.25) is 0 Å². The van der Waals surface area contributed by atoms with Gasteiger partial charge < -0.3 is 5.73 Å². The first kappa shape index (κ1) is 14.8. The van der Waals surface area contributed by atoms with Crippen LogP contribution in [0.4, 0.5) is 0 Å². The number of piperidine rings is 1. The van der Waals surface area contributed by atoms with Gasteiger partial charge in [-0.2, -0.15) is 0 Å². The predicted octanol–water partition coefficient (Wildman–Crippen LogP) is 3.78. The maximum absolute atomic E-state index is 6.31. The van der Waals surface area contributed by atoms with Crippen molar-refractivity contribution in [1.82, 2.24) is 4.90 Å². The van der Waals surface area contributed by atoms with Crippen molar-refractivity contribution in [2.75, 3.05) is 13.1 Å². The summed E-state index contributed by atoms with van der Waals surface area (Å²) in [6.07, 6.45) is 6.54. The zero-order valence-corrected chi connectivity index (χ0v) is 13.8. The lowest BCUT2D eigenvalue weighted by molar-refractivity contribution is 0.0588. The predicted molar refractivity (Wildman–Crippen MR) is 87.5 cm³/mol. The number of halogens is 1. The number of hydrogen-bond donors (Lipinski definition) is 1. The Kier molecular flexibility index (Phi) is 4.71. The molecular weight excluding hydrogens is 288 g/mol. The Morgan fingerprint density at radius 3 is 2.85 bits per heavy atom. The van der Waals surface area contributed by atoms with Crippen molar-refractivity contribution in [2.45, 2.75) is 51.1 Å². The summed E-state index contributed by atoms with van der Waals surface area (Å²) in [4.78, 5) is 2.65. The van der Waals surface area contributed by atoms with Crippen LogP contribution in [0.5, 0.6) is 0 Å². The van der Waals surface area contributed by atoms with E-state index in [4.69, 9.17) is 17.3 Å². The standard InChI is InChI=1S/C16H25ClN2S/c1-11(14-3-2-4-14)19-8-12(6-15(18)9-19)5-13-7-16(17)20-10-13/h7,10-12,14-15H,2-6,8-9,18H2,1H3. The fourth-order valence-electron chi connectivity index (χ4n) is 3.77. The molecule has 2 heterocycles. The Balaban J connectivity index is 1.60. The highest BCUT2D eigenvalue weighted by atomic mass is 35.5. The molecule has 3 unspecified atom stereocenters. The van der Waals surface area contributed by atoms with Crippen molar-refractivity contribution < 1.29 is 0 Å². The van der Waals surface area contributed by atoms with Crippen LogP contribution >= 0.6 is 22.9 Å². The van der Waals surface area contributed by atoms with Crippen LogP contribution in [-0.4, -0.2) is 30.1 Å². The fourth-order valence-corrected chi connectivity index (χ4v) is 4.69. The monoisotopic (exact) mass is 312 g/mol. The Labute approximate surface area is 131 Å². The van der Waals surface area contributed by atoms with Gasteiger partial charge in [-0.25, -0.2) is 0 Å². The zero-order chi connectivity index (χ0) is 14.1. The highest BCUT2D eigenvalue weighted by Gasteiger charge is 2.33. The number of rotatable bonds is 4. The molecule has 20 heavy (non-hydrogen) atoms. The molecule has 0 spiro atoms. The number of nitrogens with zero attached hydrogens (tertiary/aromatic N) is 1. The van der Waals surface area contributed by atoms with Crippen LogP contribution in [0, 0.1) is 11.8 Å². The molecule has 0 amide bonds. The highest BCUT2D eigenvalue weighted by Crippen LogP contribution is 2.34. The molecule has 3 atom stereocenters. The SMILES string of the molecule is CC(C1CCC1)N1CC(N)CC(Cc2csc(Cl)c2)C1. The number of hydrogen-bond acceptors (Lipinski definition) is 3. The molecule has 2 N–H and O–H groups in total. The minimum Gasteiger partial charge on any atom is -0.327 e. The van der Waals surface area contributed by atoms with E-state index in [-0.39, 0.29) is 0 Å². The maximum Gasteiger partial charge on any atom is 0.0931 e. The Morgan fingerprint density at radius 1 is 1.45 bits per heavy atom. The molecule has 3 rings (SSSR count). The molecule has 2 fully saturated rings. The van der Waals surface area contributed by atoms with Crippen LogP contribution in [0.1, 0.15) is 38.2 Å². The molecule has 0 bridgehead atoms. The molecule has 1 aliphatic carbocycles. The Hall–Kier alpha value is -0.0900. The first-order valence-electron chi connectivity index (χ1n) is 7.84. The molecule has 1 saturated carbocycles. The van der Waals surface area contributed by atoms with Crippen LogP contribution in [0.25, 0.3) is 0 Å². The van der Waals surface area contributed by atoms with Crippen LogP contribution in [0.2, 0.25) is 4.34 Å². The molecule has 1 aromatic heterocycles. The van der Waals surface area contributed by atoms with Gasteiger partial charge in [-0.05, 0) is 61.5 Å². The van der Waals surface area contributed by atoms with E-state index in [0.29, 0.717) is 18.0 Å². The summed E-state index contributed by atoms with van der Waals surface area (Å²) < 4.78 is 0.903. The molecule has 2 nitrogen and oxygen atoms in total. The average Bonchev–Trinajstić information content (AvgIpc) is 2.71. The lowest BCUT2D eigenvalue weighted by atomic mass is 9.78. The number of nitrogens with two attached hydrogens (primary N) is 1. The molecule has 2 aliphatic rings. The maximum atomic E-state index is 6.31. The van der Waals surface area contributed by atoms with Crippen LogP contribution in [0.3, 0.4) is 0 Å². The molecule has 112 valence electrons. The average molecular weight is 313 g/mol. The van der Waals surface area contributed by atoms with E-state index in [2.05, 4.69) is 23.3 Å². The molecule has 4 heteroatoms. The number of thiophene rings is 1. The van der Waals surface area contributed by atoms with E-state index in [1.54, 1.807) is 11.3 Å². The van der Waals surface area contributed by atoms with Gasteiger partial charge in [0.25, 0.3) is 0 Å². The van der Waals surface area contributed by atoms with E-state index in [1.165, 1.54) is 31.4 Å². The topological polar surface area (TPSA) is 29.3 Å². The first-order chi connectivity index (χ1) is 9.61. The van der Waals surface area contributed by atoms with Gasteiger partial charge in [0.15, 0.2) is 0 Å². The van der Waals surface area contributed by atoms with Crippen molar-refractivity contribution >= 4 is 22.9 Å². The second-order valence-corrected chi connectivity index (χ2v) is 8.25. The summed E-state index contributed by atoms with van der Waals surface area (Å²) in [5, 5.41) is 2.20. The summed E-state index contributed by atoms with van der Waals surface area (Å²) in [7, 11) is 0. The first-order valence-corrected chi connectivity index (χ1v) is 9.10. The molecule has 1 saturated heterocycles. The van der Waals surface area contributed by atoms with Gasteiger partial charge in [-0.3, -0.25) is 4.90 Å². The summed E-state index contributed by atoms with van der Waals surface area (Å²) in [6.45, 7) is 4.69. The van der Waals surface area contributed by atoms with Gasteiger partial charge in [-0.1, -0.05) is 18.0 Å². The van der Waals surface area contributed by atoms with Gasteiger partial charge in [0, 0.05) is 25.2 Å². The molecule has 0 aromatic carbocycles. The minimum atomic E-state index is 0.338. The summed E-state index contributed by atoms with van der Waals surface area (Å²) in [5.41, 5.74) is 7.69. The van der Waals surface area contributed by atoms with Crippen molar-refractivity contribution in [3.05, 3.63) is 21.3 Å². The van der Waals surface area contributed by atoms with Gasteiger partial charge >= 0.3 is 0 Å². The lowest BCUT2D eigenvalue weighted by Gasteiger charge is -2.45. The second kappa shape index (κ2) is 6.35. The third kappa shape index (κ3) is 3.38. The number of likely N-dealkylation sites (tertiary alicyclic amines) is 1. The smallest absolute Gasteiger partial charge is 0.0931 e. The van der Waals surface area contributed by atoms with Crippen LogP contribution in [-0.2, 0) is 6.42 Å². The van der Waals surface area contributed by atoms with E-state index >= 15 is 0 Å². The molecule has 1 aliphatic heterocycles. The fraction of sp³-hybridized carbons (Fsp3) is 0.750. The van der Waals surface area contributed by atoms with Gasteiger partial charge in [0.05, 0.1) is 4.34 Å². The lowest BCUT2D eigenvalue weighted by Crippen LogP contribution is -2.53. The largest absolute Gasteiger partial charge is 0.327 e. The highest BCUT2D eigenvalue weighted by molar-refractivity contribution is 7.14. The van der Waals surface area contributed by atoms with Crippen molar-refractivity contribution in [3.63, 3.8) is 0 Å². The van der Waals surface area contributed by atoms with Crippen LogP contribution in [0.15, 0.2) is 11.4 Å². The van der Waals surface area contributed by atoms with E-state index in [1.807, 2.05) is 0 Å². The molecule has 0 radical (unpaired) electrons. The minimum absolute atomic E-state index is 0.338. The zero-order valence-electron chi connectivity index (χ0n) is 12.2. The quantitative estimate of drug-likeness (QED) is 0.916. The van der Waals surface area contributed by atoms with Gasteiger partial charge in [0.1, 0.15) is 0 Å². The van der Waals surface area contributed by atoms with E-state index in [0.717, 1.165) is 29.6 Å². The third-order valence-electron chi connectivity index (χ3n) is 5.15.